The van der Waals surface area contributed by atoms with Crippen LogP contribution in [0.25, 0.3) is 11.0 Å². The first-order chi connectivity index (χ1) is 10.1. The fourth-order valence-corrected chi connectivity index (χ4v) is 2.67. The first-order valence-corrected chi connectivity index (χ1v) is 7.69. The van der Waals surface area contributed by atoms with E-state index in [-0.39, 0.29) is 4.90 Å². The summed E-state index contributed by atoms with van der Waals surface area (Å²) in [6.07, 6.45) is 1.41. The standard InChI is InChI=1S/C15H13NO4S/c1-11-6-8-12(9-7-11)21(17,18)20-16-14-10-19-15-5-3-2-4-13(14)15/h2-10,16H,1H3. The minimum Gasteiger partial charge on any atom is -0.462 e. The van der Waals surface area contributed by atoms with Crippen molar-refractivity contribution in [2.75, 3.05) is 5.48 Å². The Hall–Kier alpha value is -2.31. The van der Waals surface area contributed by atoms with E-state index in [9.17, 15) is 8.42 Å². The van der Waals surface area contributed by atoms with Crippen molar-refractivity contribution >= 4 is 26.8 Å². The second-order valence-corrected chi connectivity index (χ2v) is 6.14. The van der Waals surface area contributed by atoms with E-state index in [1.54, 1.807) is 18.2 Å². The van der Waals surface area contributed by atoms with Gasteiger partial charge in [0.2, 0.25) is 0 Å². The molecule has 1 N–H and O–H groups in total. The Labute approximate surface area is 122 Å². The van der Waals surface area contributed by atoms with Crippen molar-refractivity contribution in [1.29, 1.82) is 0 Å². The third-order valence-corrected chi connectivity index (χ3v) is 4.20. The Bertz CT molecular complexity index is 866. The minimum atomic E-state index is -3.87. The predicted molar refractivity (Wildman–Crippen MR) is 79.3 cm³/mol. The lowest BCUT2D eigenvalue weighted by Crippen LogP contribution is -2.11. The molecule has 21 heavy (non-hydrogen) atoms. The number of hydrogen-bond donors (Lipinski definition) is 1. The van der Waals surface area contributed by atoms with Crippen molar-refractivity contribution in [3.05, 3.63) is 60.4 Å². The Balaban J connectivity index is 1.82. The van der Waals surface area contributed by atoms with Crippen LogP contribution >= 0.6 is 0 Å². The summed E-state index contributed by atoms with van der Waals surface area (Å²) in [5.74, 6) is 0. The summed E-state index contributed by atoms with van der Waals surface area (Å²) in [5, 5.41) is 0.747. The third kappa shape index (κ3) is 2.76. The van der Waals surface area contributed by atoms with Crippen LogP contribution in [0.1, 0.15) is 5.56 Å². The van der Waals surface area contributed by atoms with E-state index in [2.05, 4.69) is 5.48 Å². The molecule has 3 rings (SSSR count). The number of benzene rings is 2. The molecular formula is C15H13NO4S. The summed E-state index contributed by atoms with van der Waals surface area (Å²) >= 11 is 0. The highest BCUT2D eigenvalue weighted by Crippen LogP contribution is 2.26. The molecule has 0 aliphatic rings. The number of para-hydroxylation sites is 1. The average Bonchev–Trinajstić information content (AvgIpc) is 2.89. The van der Waals surface area contributed by atoms with E-state index >= 15 is 0 Å². The maximum Gasteiger partial charge on any atom is 0.317 e. The maximum atomic E-state index is 12.1. The molecule has 108 valence electrons. The quantitative estimate of drug-likeness (QED) is 0.747. The van der Waals surface area contributed by atoms with Gasteiger partial charge in [-0.2, -0.15) is 8.42 Å². The van der Waals surface area contributed by atoms with Crippen molar-refractivity contribution in [1.82, 2.24) is 0 Å². The van der Waals surface area contributed by atoms with E-state index in [4.69, 9.17) is 8.70 Å². The van der Waals surface area contributed by atoms with Crippen LogP contribution in [0.2, 0.25) is 0 Å². The molecular weight excluding hydrogens is 290 g/mol. The van der Waals surface area contributed by atoms with Crippen LogP contribution in [0, 0.1) is 6.92 Å². The average molecular weight is 303 g/mol. The van der Waals surface area contributed by atoms with Crippen LogP contribution in [-0.4, -0.2) is 8.42 Å². The summed E-state index contributed by atoms with van der Waals surface area (Å²) < 4.78 is 34.3. The zero-order chi connectivity index (χ0) is 14.9. The number of furan rings is 1. The number of rotatable bonds is 4. The van der Waals surface area contributed by atoms with Gasteiger partial charge in [-0.3, -0.25) is 0 Å². The van der Waals surface area contributed by atoms with Crippen LogP contribution in [0.15, 0.2) is 64.1 Å². The molecule has 0 unspecified atom stereocenters. The Morgan fingerprint density at radius 1 is 1.05 bits per heavy atom. The van der Waals surface area contributed by atoms with E-state index < -0.39 is 10.1 Å². The van der Waals surface area contributed by atoms with Crippen molar-refractivity contribution in [3.63, 3.8) is 0 Å². The van der Waals surface area contributed by atoms with Crippen molar-refractivity contribution in [2.45, 2.75) is 11.8 Å². The number of hydrogen-bond acceptors (Lipinski definition) is 5. The molecule has 1 heterocycles. The van der Waals surface area contributed by atoms with Gasteiger partial charge in [0.15, 0.2) is 0 Å². The Morgan fingerprint density at radius 2 is 1.76 bits per heavy atom. The highest BCUT2D eigenvalue weighted by atomic mass is 32.2. The summed E-state index contributed by atoms with van der Waals surface area (Å²) in [4.78, 5) is 0.0911. The van der Waals surface area contributed by atoms with E-state index in [0.29, 0.717) is 11.3 Å². The van der Waals surface area contributed by atoms with Crippen LogP contribution in [0.5, 0.6) is 0 Å². The smallest absolute Gasteiger partial charge is 0.317 e. The second-order valence-electron chi connectivity index (χ2n) is 4.60. The predicted octanol–water partition coefficient (Wildman–Crippen LogP) is 3.47. The van der Waals surface area contributed by atoms with E-state index in [1.807, 2.05) is 25.1 Å². The molecule has 0 saturated carbocycles. The zero-order valence-electron chi connectivity index (χ0n) is 11.2. The first-order valence-electron chi connectivity index (χ1n) is 6.29. The SMILES string of the molecule is Cc1ccc(S(=O)(=O)ONc2coc3ccccc23)cc1. The third-order valence-electron chi connectivity index (χ3n) is 3.05. The van der Waals surface area contributed by atoms with Gasteiger partial charge in [-0.1, -0.05) is 29.8 Å². The fourth-order valence-electron chi connectivity index (χ4n) is 1.91. The topological polar surface area (TPSA) is 68.5 Å². The number of nitrogens with one attached hydrogen (secondary N) is 1. The van der Waals surface area contributed by atoms with E-state index in [1.165, 1.54) is 18.4 Å². The zero-order valence-corrected chi connectivity index (χ0v) is 12.1. The molecule has 0 bridgehead atoms. The fraction of sp³-hybridized carbons (Fsp3) is 0.0667. The summed E-state index contributed by atoms with van der Waals surface area (Å²) in [6, 6.07) is 13.7. The lowest BCUT2D eigenvalue weighted by molar-refractivity contribution is 0.390. The first kappa shape index (κ1) is 13.7. The maximum absolute atomic E-state index is 12.1. The monoisotopic (exact) mass is 303 g/mol. The Morgan fingerprint density at radius 3 is 2.52 bits per heavy atom. The molecule has 0 saturated heterocycles. The molecule has 5 nitrogen and oxygen atoms in total. The lowest BCUT2D eigenvalue weighted by Gasteiger charge is -2.06. The molecule has 2 aromatic carbocycles. The summed E-state index contributed by atoms with van der Waals surface area (Å²) in [5.41, 5.74) is 4.52. The highest BCUT2D eigenvalue weighted by Gasteiger charge is 2.16. The molecule has 0 radical (unpaired) electrons. The van der Waals surface area contributed by atoms with E-state index in [0.717, 1.165) is 10.9 Å². The van der Waals surface area contributed by atoms with Crippen molar-refractivity contribution in [3.8, 4) is 0 Å². The molecule has 0 spiro atoms. The number of fused-ring (bicyclic) bond motifs is 1. The largest absolute Gasteiger partial charge is 0.462 e. The number of anilines is 1. The van der Waals surface area contributed by atoms with Gasteiger partial charge in [0, 0.05) is 5.39 Å². The van der Waals surface area contributed by atoms with Gasteiger partial charge in [0.1, 0.15) is 17.5 Å². The lowest BCUT2D eigenvalue weighted by atomic mass is 10.2. The molecule has 0 atom stereocenters. The van der Waals surface area contributed by atoms with Gasteiger partial charge in [-0.15, -0.1) is 4.28 Å². The Kier molecular flexibility index (Phi) is 3.40. The molecule has 1 aromatic heterocycles. The molecule has 0 fully saturated rings. The van der Waals surface area contributed by atoms with Crippen molar-refractivity contribution in [2.24, 2.45) is 0 Å². The highest BCUT2D eigenvalue weighted by molar-refractivity contribution is 7.86. The molecule has 0 amide bonds. The van der Waals surface area contributed by atoms with Gasteiger partial charge in [0.25, 0.3) is 0 Å². The molecule has 0 aliphatic carbocycles. The summed E-state index contributed by atoms with van der Waals surface area (Å²) in [7, 11) is -3.87. The normalized spacial score (nSPS) is 11.7. The van der Waals surface area contributed by atoms with Crippen LogP contribution < -0.4 is 5.48 Å². The summed E-state index contributed by atoms with van der Waals surface area (Å²) in [6.45, 7) is 1.88. The van der Waals surface area contributed by atoms with Crippen LogP contribution in [-0.2, 0) is 14.4 Å². The van der Waals surface area contributed by atoms with Gasteiger partial charge < -0.3 is 4.42 Å². The van der Waals surface area contributed by atoms with Crippen LogP contribution in [0.3, 0.4) is 0 Å². The van der Waals surface area contributed by atoms with Crippen molar-refractivity contribution < 1.29 is 17.1 Å². The van der Waals surface area contributed by atoms with Gasteiger partial charge >= 0.3 is 10.1 Å². The number of aryl methyl sites for hydroxylation is 1. The minimum absolute atomic E-state index is 0.0911. The van der Waals surface area contributed by atoms with Gasteiger partial charge in [-0.25, -0.2) is 5.48 Å². The molecule has 3 aromatic rings. The second kappa shape index (κ2) is 5.23. The van der Waals surface area contributed by atoms with Gasteiger partial charge in [0.05, 0.1) is 4.90 Å². The van der Waals surface area contributed by atoms with Gasteiger partial charge in [-0.05, 0) is 31.2 Å². The molecule has 6 heteroatoms. The van der Waals surface area contributed by atoms with Crippen LogP contribution in [0.4, 0.5) is 5.69 Å². The molecule has 0 aliphatic heterocycles.